The number of nitrogens with zero attached hydrogens (tertiary/aromatic N) is 4. The molecule has 0 aliphatic heterocycles. The van der Waals surface area contributed by atoms with Crippen LogP contribution in [0.2, 0.25) is 0 Å². The zero-order valence-electron chi connectivity index (χ0n) is 15.6. The van der Waals surface area contributed by atoms with E-state index >= 15 is 0 Å². The van der Waals surface area contributed by atoms with Crippen molar-refractivity contribution >= 4 is 24.1 Å². The first kappa shape index (κ1) is 18.7. The molecule has 0 amide bonds. The lowest BCUT2D eigenvalue weighted by atomic mass is 10.2. The third-order valence-electron chi connectivity index (χ3n) is 4.03. The van der Waals surface area contributed by atoms with E-state index in [2.05, 4.69) is 15.3 Å². The number of methoxy groups -OCH3 is 2. The molecule has 27 heavy (non-hydrogen) atoms. The Balaban J connectivity index is 1.97. The van der Waals surface area contributed by atoms with Gasteiger partial charge in [0.25, 0.3) is 0 Å². The summed E-state index contributed by atoms with van der Waals surface area (Å²) in [6.45, 7) is 0. The molecule has 0 unspecified atom stereocenters. The summed E-state index contributed by atoms with van der Waals surface area (Å²) in [4.78, 5) is 2.04. The van der Waals surface area contributed by atoms with Crippen molar-refractivity contribution in [3.05, 3.63) is 52.8 Å². The van der Waals surface area contributed by atoms with Crippen molar-refractivity contribution in [2.24, 2.45) is 5.10 Å². The molecule has 1 heterocycles. The molecule has 0 aliphatic carbocycles. The molecule has 1 N–H and O–H groups in total. The second kappa shape index (κ2) is 8.05. The van der Waals surface area contributed by atoms with E-state index in [1.807, 2.05) is 55.4 Å². The molecular formula is C19H21N5O2S. The maximum absolute atomic E-state index is 5.47. The normalized spacial score (nSPS) is 11.0. The fourth-order valence-electron chi connectivity index (χ4n) is 2.54. The van der Waals surface area contributed by atoms with Gasteiger partial charge in [-0.2, -0.15) is 14.9 Å². The molecule has 0 atom stereocenters. The quantitative estimate of drug-likeness (QED) is 0.521. The molecule has 0 saturated carbocycles. The van der Waals surface area contributed by atoms with Gasteiger partial charge >= 0.3 is 0 Å². The second-order valence-corrected chi connectivity index (χ2v) is 6.35. The third-order valence-corrected chi connectivity index (χ3v) is 4.30. The molecular weight excluding hydrogens is 362 g/mol. The van der Waals surface area contributed by atoms with Crippen molar-refractivity contribution < 1.29 is 9.47 Å². The molecule has 3 aromatic rings. The molecule has 7 nitrogen and oxygen atoms in total. The smallest absolute Gasteiger partial charge is 0.216 e. The molecule has 1 aromatic heterocycles. The molecule has 140 valence electrons. The average Bonchev–Trinajstić information content (AvgIpc) is 3.06. The van der Waals surface area contributed by atoms with Crippen molar-refractivity contribution in [2.45, 2.75) is 0 Å². The SMILES string of the molecule is COc1ccc(-c2n[nH]c(=S)n2/N=C\c2ccc(N(C)C)cc2)c(OC)c1. The molecule has 0 aliphatic rings. The van der Waals surface area contributed by atoms with E-state index in [1.165, 1.54) is 0 Å². The number of aromatic nitrogens is 3. The molecule has 0 bridgehead atoms. The van der Waals surface area contributed by atoms with Crippen molar-refractivity contribution in [1.82, 2.24) is 14.9 Å². The van der Waals surface area contributed by atoms with Gasteiger partial charge in [-0.3, -0.25) is 0 Å². The van der Waals surface area contributed by atoms with E-state index in [0.717, 1.165) is 16.8 Å². The van der Waals surface area contributed by atoms with Crippen molar-refractivity contribution in [2.75, 3.05) is 33.2 Å². The van der Waals surface area contributed by atoms with Crippen molar-refractivity contribution in [3.8, 4) is 22.9 Å². The monoisotopic (exact) mass is 383 g/mol. The van der Waals surface area contributed by atoms with Crippen molar-refractivity contribution in [1.29, 1.82) is 0 Å². The standard InChI is InChI=1S/C19H21N5O2S/c1-23(2)14-7-5-13(6-8-14)12-20-24-18(21-22-19(24)27)16-10-9-15(25-3)11-17(16)26-4/h5-12H,1-4H3,(H,22,27)/b20-12-. The molecule has 0 radical (unpaired) electrons. The van der Waals surface area contributed by atoms with Crippen LogP contribution in [0.25, 0.3) is 11.4 Å². The minimum Gasteiger partial charge on any atom is -0.497 e. The molecule has 0 fully saturated rings. The first-order chi connectivity index (χ1) is 13.0. The van der Waals surface area contributed by atoms with E-state index in [-0.39, 0.29) is 0 Å². The van der Waals surface area contributed by atoms with Gasteiger partial charge in [0, 0.05) is 25.8 Å². The number of hydrogen-bond acceptors (Lipinski definition) is 6. The number of nitrogens with one attached hydrogen (secondary N) is 1. The Morgan fingerprint density at radius 1 is 1.11 bits per heavy atom. The van der Waals surface area contributed by atoms with Gasteiger partial charge in [-0.05, 0) is 42.0 Å². The lowest BCUT2D eigenvalue weighted by molar-refractivity contribution is 0.395. The number of rotatable bonds is 6. The van der Waals surface area contributed by atoms with Crippen LogP contribution >= 0.6 is 12.2 Å². The summed E-state index contributed by atoms with van der Waals surface area (Å²) in [6, 6.07) is 13.5. The van der Waals surface area contributed by atoms with Crippen LogP contribution in [0, 0.1) is 4.77 Å². The molecule has 0 spiro atoms. The highest BCUT2D eigenvalue weighted by Gasteiger charge is 2.14. The zero-order chi connectivity index (χ0) is 19.4. The van der Waals surface area contributed by atoms with E-state index in [9.17, 15) is 0 Å². The predicted molar refractivity (Wildman–Crippen MR) is 110 cm³/mol. The number of ether oxygens (including phenoxy) is 2. The maximum atomic E-state index is 5.47. The molecule has 0 saturated heterocycles. The summed E-state index contributed by atoms with van der Waals surface area (Å²) in [6.07, 6.45) is 1.74. The summed E-state index contributed by atoms with van der Waals surface area (Å²) in [7, 11) is 7.21. The fourth-order valence-corrected chi connectivity index (χ4v) is 2.72. The Morgan fingerprint density at radius 3 is 2.48 bits per heavy atom. The highest BCUT2D eigenvalue weighted by atomic mass is 32.1. The van der Waals surface area contributed by atoms with Gasteiger partial charge in [0.1, 0.15) is 11.5 Å². The second-order valence-electron chi connectivity index (χ2n) is 5.96. The van der Waals surface area contributed by atoms with Crippen LogP contribution in [0.3, 0.4) is 0 Å². The highest BCUT2D eigenvalue weighted by Crippen LogP contribution is 2.32. The minimum absolute atomic E-state index is 0.393. The number of H-pyrrole nitrogens is 1. The first-order valence-corrected chi connectivity index (χ1v) is 8.66. The van der Waals surface area contributed by atoms with Crippen LogP contribution in [0.1, 0.15) is 5.56 Å². The average molecular weight is 383 g/mol. The zero-order valence-corrected chi connectivity index (χ0v) is 16.4. The Hall–Kier alpha value is -3.13. The minimum atomic E-state index is 0.393. The number of aromatic amines is 1. The van der Waals surface area contributed by atoms with Gasteiger partial charge in [-0.25, -0.2) is 5.10 Å². The number of benzene rings is 2. The van der Waals surface area contributed by atoms with Gasteiger partial charge in [-0.1, -0.05) is 12.1 Å². The van der Waals surface area contributed by atoms with Gasteiger partial charge in [-0.15, -0.1) is 0 Å². The largest absolute Gasteiger partial charge is 0.497 e. The summed E-state index contributed by atoms with van der Waals surface area (Å²) in [5.74, 6) is 1.87. The Kier molecular flexibility index (Phi) is 5.56. The van der Waals surface area contributed by atoms with Gasteiger partial charge < -0.3 is 14.4 Å². The summed E-state index contributed by atoms with van der Waals surface area (Å²) in [5.41, 5.74) is 2.83. The van der Waals surface area contributed by atoms with E-state index in [4.69, 9.17) is 21.7 Å². The Bertz CT molecular complexity index is 1010. The van der Waals surface area contributed by atoms with E-state index in [1.54, 1.807) is 31.2 Å². The van der Waals surface area contributed by atoms with Crippen LogP contribution in [0.15, 0.2) is 47.6 Å². The van der Waals surface area contributed by atoms with Crippen LogP contribution in [0.5, 0.6) is 11.5 Å². The Labute approximate surface area is 162 Å². The van der Waals surface area contributed by atoms with E-state index in [0.29, 0.717) is 22.1 Å². The van der Waals surface area contributed by atoms with Crippen LogP contribution < -0.4 is 14.4 Å². The first-order valence-electron chi connectivity index (χ1n) is 8.25. The number of hydrogen-bond donors (Lipinski definition) is 1. The molecule has 2 aromatic carbocycles. The lowest BCUT2D eigenvalue weighted by Gasteiger charge is -2.11. The third kappa shape index (κ3) is 4.01. The number of anilines is 1. The maximum Gasteiger partial charge on any atom is 0.216 e. The van der Waals surface area contributed by atoms with Gasteiger partial charge in [0.15, 0.2) is 5.82 Å². The highest BCUT2D eigenvalue weighted by molar-refractivity contribution is 7.71. The summed E-state index contributed by atoms with van der Waals surface area (Å²) in [5, 5.41) is 11.6. The topological polar surface area (TPSA) is 67.7 Å². The van der Waals surface area contributed by atoms with Crippen molar-refractivity contribution in [3.63, 3.8) is 0 Å². The Morgan fingerprint density at radius 2 is 1.85 bits per heavy atom. The molecule has 8 heteroatoms. The fraction of sp³-hybridized carbons (Fsp3) is 0.211. The van der Waals surface area contributed by atoms with Crippen LogP contribution in [0.4, 0.5) is 5.69 Å². The van der Waals surface area contributed by atoms with Gasteiger partial charge in [0.05, 0.1) is 26.0 Å². The van der Waals surface area contributed by atoms with E-state index < -0.39 is 0 Å². The van der Waals surface area contributed by atoms with Crippen LogP contribution in [-0.2, 0) is 0 Å². The van der Waals surface area contributed by atoms with Crippen LogP contribution in [-0.4, -0.2) is 49.4 Å². The summed E-state index contributed by atoms with van der Waals surface area (Å²) < 4.78 is 12.7. The summed E-state index contributed by atoms with van der Waals surface area (Å²) >= 11 is 5.33. The lowest BCUT2D eigenvalue weighted by Crippen LogP contribution is -2.08. The molecule has 3 rings (SSSR count). The predicted octanol–water partition coefficient (Wildman–Crippen LogP) is 3.57. The van der Waals surface area contributed by atoms with Gasteiger partial charge in [0.2, 0.25) is 4.77 Å².